The van der Waals surface area contributed by atoms with E-state index in [0.29, 0.717) is 4.46 Å². The van der Waals surface area contributed by atoms with Gasteiger partial charge in [-0.15, -0.1) is 0 Å². The van der Waals surface area contributed by atoms with Crippen molar-refractivity contribution in [1.29, 1.82) is 0 Å². The maximum absolute atomic E-state index is 14.1. The van der Waals surface area contributed by atoms with E-state index in [1.54, 1.807) is 30.3 Å². The van der Waals surface area contributed by atoms with Crippen LogP contribution in [0.25, 0.3) is 0 Å². The van der Waals surface area contributed by atoms with Crippen LogP contribution < -0.4 is 4.46 Å². The normalized spacial score (nSPS) is 12.9. The van der Waals surface area contributed by atoms with Crippen LogP contribution in [0.4, 0.5) is 14.5 Å². The van der Waals surface area contributed by atoms with Crippen molar-refractivity contribution < 1.29 is 18.8 Å². The monoisotopic (exact) mass is 359 g/mol. The number of nitro groups is 1. The van der Waals surface area contributed by atoms with Gasteiger partial charge in [0.05, 0.1) is 0 Å². The molecule has 1 atom stereocenters. The molecule has 0 saturated carbocycles. The van der Waals surface area contributed by atoms with E-state index in [2.05, 4.69) is 0 Å². The van der Waals surface area contributed by atoms with Gasteiger partial charge in [-0.25, -0.2) is 0 Å². The standard InChI is InChI=1S/C14H11F2NO3Se/c15-14(16,21-12-4-2-1-3-5-12)13(18)10-6-8-11(9-7-10)17(19)20/h1-9,13,18H. The minimum absolute atomic E-state index is 0.0385. The number of nitrogens with zero attached hydrogens (tertiary/aromatic N) is 1. The van der Waals surface area contributed by atoms with Gasteiger partial charge >= 0.3 is 125 Å². The number of alkyl halides is 2. The molecule has 0 aliphatic carbocycles. The van der Waals surface area contributed by atoms with Crippen LogP contribution in [-0.2, 0) is 0 Å². The predicted octanol–water partition coefficient (Wildman–Crippen LogP) is 2.25. The molecular weight excluding hydrogens is 347 g/mol. The van der Waals surface area contributed by atoms with Gasteiger partial charge in [-0.2, -0.15) is 0 Å². The fourth-order valence-corrected chi connectivity index (χ4v) is 3.47. The van der Waals surface area contributed by atoms with Crippen molar-refractivity contribution >= 4 is 25.1 Å². The number of rotatable bonds is 5. The number of aliphatic hydroxyl groups excluding tert-OH is 1. The SMILES string of the molecule is O=[N+]([O-])c1ccc(C(O)C(F)(F)[Se]c2ccccc2)cc1. The van der Waals surface area contributed by atoms with Crippen molar-refractivity contribution in [2.24, 2.45) is 0 Å². The zero-order valence-electron chi connectivity index (χ0n) is 10.6. The summed E-state index contributed by atoms with van der Waals surface area (Å²) in [5, 5.41) is 20.4. The topological polar surface area (TPSA) is 63.4 Å². The summed E-state index contributed by atoms with van der Waals surface area (Å²) in [7, 11) is 0. The first kappa shape index (κ1) is 15.6. The summed E-state index contributed by atoms with van der Waals surface area (Å²) in [6.07, 6.45) is -1.99. The van der Waals surface area contributed by atoms with Gasteiger partial charge in [0.2, 0.25) is 0 Å². The summed E-state index contributed by atoms with van der Waals surface area (Å²) < 4.78 is 28.7. The van der Waals surface area contributed by atoms with E-state index < -0.39 is 30.8 Å². The second-order valence-electron chi connectivity index (χ2n) is 4.23. The van der Waals surface area contributed by atoms with Crippen molar-refractivity contribution in [2.75, 3.05) is 0 Å². The summed E-state index contributed by atoms with van der Waals surface area (Å²) in [6, 6.07) is 12.7. The van der Waals surface area contributed by atoms with Gasteiger partial charge in [0.15, 0.2) is 0 Å². The van der Waals surface area contributed by atoms with E-state index in [-0.39, 0.29) is 11.3 Å². The Morgan fingerprint density at radius 1 is 1.10 bits per heavy atom. The first-order valence-corrected chi connectivity index (χ1v) is 7.66. The molecule has 0 radical (unpaired) electrons. The van der Waals surface area contributed by atoms with Crippen molar-refractivity contribution in [3.8, 4) is 0 Å². The molecule has 110 valence electrons. The van der Waals surface area contributed by atoms with Gasteiger partial charge in [-0.05, 0) is 0 Å². The molecule has 0 aliphatic rings. The van der Waals surface area contributed by atoms with Gasteiger partial charge in [-0.3, -0.25) is 0 Å². The third kappa shape index (κ3) is 3.85. The molecule has 0 heterocycles. The number of hydrogen-bond donors (Lipinski definition) is 1. The van der Waals surface area contributed by atoms with Gasteiger partial charge in [0.25, 0.3) is 0 Å². The van der Waals surface area contributed by atoms with Crippen LogP contribution in [0.15, 0.2) is 54.6 Å². The fraction of sp³-hybridized carbons (Fsp3) is 0.143. The van der Waals surface area contributed by atoms with Crippen LogP contribution in [0, 0.1) is 10.1 Å². The summed E-state index contributed by atoms with van der Waals surface area (Å²) in [5.41, 5.74) is -0.244. The number of nitro benzene ring substituents is 1. The molecule has 4 nitrogen and oxygen atoms in total. The third-order valence-electron chi connectivity index (χ3n) is 2.74. The number of halogens is 2. The molecule has 2 rings (SSSR count). The average Bonchev–Trinajstić information content (AvgIpc) is 2.47. The minimum atomic E-state index is -3.30. The molecule has 1 unspecified atom stereocenters. The van der Waals surface area contributed by atoms with Gasteiger partial charge in [0.1, 0.15) is 0 Å². The average molecular weight is 358 g/mol. The number of aliphatic hydroxyl groups is 1. The second kappa shape index (κ2) is 6.30. The van der Waals surface area contributed by atoms with Crippen LogP contribution in [0.1, 0.15) is 11.7 Å². The second-order valence-corrected chi connectivity index (χ2v) is 6.79. The van der Waals surface area contributed by atoms with E-state index in [9.17, 15) is 24.0 Å². The Kier molecular flexibility index (Phi) is 4.67. The summed E-state index contributed by atoms with van der Waals surface area (Å²) in [5.74, 6) is 0. The molecule has 2 aromatic rings. The van der Waals surface area contributed by atoms with E-state index in [4.69, 9.17) is 0 Å². The van der Waals surface area contributed by atoms with Crippen molar-refractivity contribution in [3.05, 3.63) is 70.3 Å². The molecule has 0 bridgehead atoms. The number of hydrogen-bond acceptors (Lipinski definition) is 3. The summed E-state index contributed by atoms with van der Waals surface area (Å²) in [6.45, 7) is 0. The molecule has 7 heteroatoms. The number of benzene rings is 2. The summed E-state index contributed by atoms with van der Waals surface area (Å²) in [4.78, 5) is 6.59. The predicted molar refractivity (Wildman–Crippen MR) is 74.8 cm³/mol. The van der Waals surface area contributed by atoms with Gasteiger partial charge in [-0.1, -0.05) is 0 Å². The molecule has 0 aliphatic heterocycles. The van der Waals surface area contributed by atoms with Crippen molar-refractivity contribution in [1.82, 2.24) is 0 Å². The van der Waals surface area contributed by atoms with Gasteiger partial charge in [0, 0.05) is 0 Å². The van der Waals surface area contributed by atoms with Crippen LogP contribution >= 0.6 is 0 Å². The van der Waals surface area contributed by atoms with Gasteiger partial charge < -0.3 is 0 Å². The first-order chi connectivity index (χ1) is 9.90. The fourth-order valence-electron chi connectivity index (χ4n) is 1.67. The Bertz CT molecular complexity index is 620. The molecule has 21 heavy (non-hydrogen) atoms. The van der Waals surface area contributed by atoms with Crippen LogP contribution in [0.3, 0.4) is 0 Å². The molecule has 2 aromatic carbocycles. The molecule has 1 N–H and O–H groups in total. The molecule has 0 spiro atoms. The molecule has 0 saturated heterocycles. The number of non-ortho nitro benzene ring substituents is 1. The summed E-state index contributed by atoms with van der Waals surface area (Å²) >= 11 is -1.24. The Hall–Kier alpha value is -1.82. The van der Waals surface area contributed by atoms with E-state index in [1.165, 1.54) is 0 Å². The van der Waals surface area contributed by atoms with Crippen LogP contribution in [0.2, 0.25) is 0 Å². The first-order valence-electron chi connectivity index (χ1n) is 5.94. The Balaban J connectivity index is 2.17. The van der Waals surface area contributed by atoms with E-state index in [1.807, 2.05) is 0 Å². The van der Waals surface area contributed by atoms with Crippen LogP contribution in [0.5, 0.6) is 0 Å². The van der Waals surface area contributed by atoms with E-state index in [0.717, 1.165) is 24.3 Å². The molecule has 0 fully saturated rings. The Labute approximate surface area is 125 Å². The van der Waals surface area contributed by atoms with E-state index >= 15 is 0 Å². The quantitative estimate of drug-likeness (QED) is 0.507. The molecule has 0 aromatic heterocycles. The van der Waals surface area contributed by atoms with Crippen LogP contribution in [-0.4, -0.2) is 29.8 Å². The van der Waals surface area contributed by atoms with Crippen molar-refractivity contribution in [2.45, 2.75) is 10.9 Å². The third-order valence-corrected chi connectivity index (χ3v) is 4.84. The maximum atomic E-state index is 14.1. The van der Waals surface area contributed by atoms with Crippen molar-refractivity contribution in [3.63, 3.8) is 0 Å². The Morgan fingerprint density at radius 3 is 2.19 bits per heavy atom. The molecule has 0 amide bonds. The Morgan fingerprint density at radius 2 is 1.67 bits per heavy atom. The molecular formula is C14H11F2NO3Se. The zero-order chi connectivity index (χ0) is 15.5. The zero-order valence-corrected chi connectivity index (χ0v) is 12.4.